The average Bonchev–Trinajstić information content (AvgIpc) is 1.94. The number of hydrogen-bond acceptors (Lipinski definition) is 1. The number of halogens is 1. The lowest BCUT2D eigenvalue weighted by molar-refractivity contribution is 0.898. The lowest BCUT2D eigenvalue weighted by atomic mass is 10.2. The van der Waals surface area contributed by atoms with E-state index in [1.54, 1.807) is 0 Å². The predicted molar refractivity (Wildman–Crippen MR) is 57.6 cm³/mol. The molecule has 0 aliphatic carbocycles. The highest BCUT2D eigenvalue weighted by Gasteiger charge is 1.99. The van der Waals surface area contributed by atoms with Gasteiger partial charge in [-0.05, 0) is 54.4 Å². The minimum absolute atomic E-state index is 0.476. The molecule has 0 radical (unpaired) electrons. The van der Waals surface area contributed by atoms with Crippen LogP contribution in [-0.2, 0) is 0 Å². The number of nitrogens with one attached hydrogen (secondary N) is 1. The Balaban J connectivity index is 2.86. The summed E-state index contributed by atoms with van der Waals surface area (Å²) in [7, 11) is 0. The molecule has 0 atom stereocenters. The molecule has 1 aromatic carbocycles. The summed E-state index contributed by atoms with van der Waals surface area (Å²) in [6.07, 6.45) is 0. The average molecular weight is 228 g/mol. The maximum Gasteiger partial charge on any atom is 0.0486 e. The number of rotatable bonds is 2. The van der Waals surface area contributed by atoms with Crippen LogP contribution in [0.5, 0.6) is 0 Å². The van der Waals surface area contributed by atoms with Crippen LogP contribution >= 0.6 is 15.9 Å². The zero-order valence-electron chi connectivity index (χ0n) is 7.69. The molecule has 0 unspecified atom stereocenters. The summed E-state index contributed by atoms with van der Waals surface area (Å²) >= 11 is 3.51. The maximum atomic E-state index is 3.51. The molecule has 1 rings (SSSR count). The minimum Gasteiger partial charge on any atom is -0.382 e. The van der Waals surface area contributed by atoms with Gasteiger partial charge in [0.15, 0.2) is 0 Å². The smallest absolute Gasteiger partial charge is 0.0486 e. The van der Waals surface area contributed by atoms with Crippen LogP contribution in [-0.4, -0.2) is 6.04 Å². The SMILES string of the molecule is Cc1ccc(NC(C)C)c(Br)c1. The van der Waals surface area contributed by atoms with Crippen molar-refractivity contribution in [2.75, 3.05) is 5.32 Å². The van der Waals surface area contributed by atoms with E-state index in [-0.39, 0.29) is 0 Å². The summed E-state index contributed by atoms with van der Waals surface area (Å²) in [6, 6.07) is 6.79. The summed E-state index contributed by atoms with van der Waals surface area (Å²) in [5.41, 5.74) is 2.44. The van der Waals surface area contributed by atoms with Gasteiger partial charge in [-0.1, -0.05) is 6.07 Å². The highest BCUT2D eigenvalue weighted by atomic mass is 79.9. The van der Waals surface area contributed by atoms with E-state index in [0.29, 0.717) is 6.04 Å². The molecule has 0 amide bonds. The summed E-state index contributed by atoms with van der Waals surface area (Å²) in [5.74, 6) is 0. The number of benzene rings is 1. The fraction of sp³-hybridized carbons (Fsp3) is 0.400. The van der Waals surface area contributed by atoms with Crippen molar-refractivity contribution < 1.29 is 0 Å². The molecule has 0 fully saturated rings. The fourth-order valence-electron chi connectivity index (χ4n) is 1.05. The van der Waals surface area contributed by atoms with E-state index in [2.05, 4.69) is 60.2 Å². The molecule has 0 bridgehead atoms. The second-order valence-corrected chi connectivity index (χ2v) is 4.14. The Kier molecular flexibility index (Phi) is 3.15. The van der Waals surface area contributed by atoms with Crippen LogP contribution in [0.1, 0.15) is 19.4 Å². The molecule has 0 aromatic heterocycles. The van der Waals surface area contributed by atoms with Gasteiger partial charge in [0.2, 0.25) is 0 Å². The summed E-state index contributed by atoms with van der Waals surface area (Å²) in [4.78, 5) is 0. The van der Waals surface area contributed by atoms with E-state index in [0.717, 1.165) is 10.2 Å². The Morgan fingerprint density at radius 1 is 1.33 bits per heavy atom. The van der Waals surface area contributed by atoms with E-state index in [9.17, 15) is 0 Å². The second kappa shape index (κ2) is 3.94. The van der Waals surface area contributed by atoms with Crippen molar-refractivity contribution in [2.24, 2.45) is 0 Å². The largest absolute Gasteiger partial charge is 0.382 e. The zero-order valence-corrected chi connectivity index (χ0v) is 9.27. The van der Waals surface area contributed by atoms with Gasteiger partial charge in [0.05, 0.1) is 0 Å². The van der Waals surface area contributed by atoms with Crippen molar-refractivity contribution in [3.8, 4) is 0 Å². The molecule has 0 heterocycles. The van der Waals surface area contributed by atoms with Gasteiger partial charge >= 0.3 is 0 Å². The fourth-order valence-corrected chi connectivity index (χ4v) is 1.66. The molecule has 0 aliphatic rings. The number of hydrogen-bond donors (Lipinski definition) is 1. The van der Waals surface area contributed by atoms with Crippen LogP contribution in [0, 0.1) is 6.92 Å². The first-order valence-corrected chi connectivity index (χ1v) is 4.91. The van der Waals surface area contributed by atoms with Gasteiger partial charge in [0.1, 0.15) is 0 Å². The van der Waals surface area contributed by atoms with Crippen molar-refractivity contribution in [3.63, 3.8) is 0 Å². The highest BCUT2D eigenvalue weighted by Crippen LogP contribution is 2.23. The maximum absolute atomic E-state index is 3.51. The number of anilines is 1. The third-order valence-electron chi connectivity index (χ3n) is 1.57. The molecule has 66 valence electrons. The van der Waals surface area contributed by atoms with Gasteiger partial charge in [0, 0.05) is 16.2 Å². The summed E-state index contributed by atoms with van der Waals surface area (Å²) in [5, 5.41) is 3.35. The van der Waals surface area contributed by atoms with Crippen LogP contribution in [0.3, 0.4) is 0 Å². The van der Waals surface area contributed by atoms with Crippen LogP contribution in [0.4, 0.5) is 5.69 Å². The Morgan fingerprint density at radius 3 is 2.50 bits per heavy atom. The van der Waals surface area contributed by atoms with E-state index in [4.69, 9.17) is 0 Å². The van der Waals surface area contributed by atoms with E-state index < -0.39 is 0 Å². The third kappa shape index (κ3) is 2.52. The van der Waals surface area contributed by atoms with Crippen molar-refractivity contribution >= 4 is 21.6 Å². The lowest BCUT2D eigenvalue weighted by Gasteiger charge is -2.11. The van der Waals surface area contributed by atoms with Crippen molar-refractivity contribution in [3.05, 3.63) is 28.2 Å². The summed E-state index contributed by atoms with van der Waals surface area (Å²) < 4.78 is 1.14. The van der Waals surface area contributed by atoms with Gasteiger partial charge < -0.3 is 5.32 Å². The van der Waals surface area contributed by atoms with Gasteiger partial charge in [0.25, 0.3) is 0 Å². The van der Waals surface area contributed by atoms with Gasteiger partial charge in [-0.3, -0.25) is 0 Å². The molecule has 0 saturated carbocycles. The molecular formula is C10H14BrN. The number of aryl methyl sites for hydroxylation is 1. The Morgan fingerprint density at radius 2 is 2.00 bits per heavy atom. The zero-order chi connectivity index (χ0) is 9.14. The van der Waals surface area contributed by atoms with Crippen molar-refractivity contribution in [1.29, 1.82) is 0 Å². The van der Waals surface area contributed by atoms with Crippen molar-refractivity contribution in [1.82, 2.24) is 0 Å². The van der Waals surface area contributed by atoms with Crippen LogP contribution < -0.4 is 5.32 Å². The lowest BCUT2D eigenvalue weighted by Crippen LogP contribution is -2.09. The highest BCUT2D eigenvalue weighted by molar-refractivity contribution is 9.10. The Labute approximate surface area is 82.3 Å². The molecule has 1 N–H and O–H groups in total. The second-order valence-electron chi connectivity index (χ2n) is 3.28. The molecule has 0 saturated heterocycles. The predicted octanol–water partition coefficient (Wildman–Crippen LogP) is 3.58. The Hall–Kier alpha value is -0.500. The van der Waals surface area contributed by atoms with Gasteiger partial charge in [-0.25, -0.2) is 0 Å². The monoisotopic (exact) mass is 227 g/mol. The molecule has 0 spiro atoms. The summed E-state index contributed by atoms with van der Waals surface area (Å²) in [6.45, 7) is 6.35. The Bertz CT molecular complexity index is 269. The van der Waals surface area contributed by atoms with Crippen LogP contribution in [0.15, 0.2) is 22.7 Å². The topological polar surface area (TPSA) is 12.0 Å². The van der Waals surface area contributed by atoms with Crippen LogP contribution in [0.25, 0.3) is 0 Å². The van der Waals surface area contributed by atoms with E-state index in [1.165, 1.54) is 5.56 Å². The first kappa shape index (κ1) is 9.59. The van der Waals surface area contributed by atoms with E-state index >= 15 is 0 Å². The first-order chi connectivity index (χ1) is 5.59. The van der Waals surface area contributed by atoms with Gasteiger partial charge in [-0.2, -0.15) is 0 Å². The standard InChI is InChI=1S/C10H14BrN/c1-7(2)12-10-5-4-8(3)6-9(10)11/h4-7,12H,1-3H3. The first-order valence-electron chi connectivity index (χ1n) is 4.12. The van der Waals surface area contributed by atoms with Gasteiger partial charge in [-0.15, -0.1) is 0 Å². The normalized spacial score (nSPS) is 10.4. The van der Waals surface area contributed by atoms with Crippen LogP contribution in [0.2, 0.25) is 0 Å². The molecule has 1 nitrogen and oxygen atoms in total. The molecular weight excluding hydrogens is 214 g/mol. The third-order valence-corrected chi connectivity index (χ3v) is 2.22. The molecule has 12 heavy (non-hydrogen) atoms. The van der Waals surface area contributed by atoms with E-state index in [1.807, 2.05) is 0 Å². The quantitative estimate of drug-likeness (QED) is 0.815. The molecule has 1 aromatic rings. The molecule has 0 aliphatic heterocycles. The minimum atomic E-state index is 0.476. The molecule has 2 heteroatoms. The van der Waals surface area contributed by atoms with Crippen molar-refractivity contribution in [2.45, 2.75) is 26.8 Å².